The molecule has 0 aromatic heterocycles. The van der Waals surface area contributed by atoms with E-state index in [9.17, 15) is 10.0 Å². The van der Waals surface area contributed by atoms with Crippen LogP contribution in [0.5, 0.6) is 0 Å². The number of terminal acetylenes is 1. The zero-order valence-electron chi connectivity index (χ0n) is 18.5. The Kier molecular flexibility index (Phi) is 8.69. The van der Waals surface area contributed by atoms with E-state index in [1.165, 1.54) is 11.1 Å². The van der Waals surface area contributed by atoms with Crippen molar-refractivity contribution >= 4 is 12.6 Å². The van der Waals surface area contributed by atoms with Crippen molar-refractivity contribution in [3.8, 4) is 12.3 Å². The van der Waals surface area contributed by atoms with E-state index in [2.05, 4.69) is 61.4 Å². The van der Waals surface area contributed by atoms with Gasteiger partial charge in [-0.05, 0) is 60.3 Å². The van der Waals surface area contributed by atoms with Crippen LogP contribution in [0.2, 0.25) is 0 Å². The van der Waals surface area contributed by atoms with Gasteiger partial charge in [0, 0.05) is 5.57 Å². The summed E-state index contributed by atoms with van der Waals surface area (Å²) in [7, 11) is -1.44. The van der Waals surface area contributed by atoms with Crippen molar-refractivity contribution in [1.29, 1.82) is 0 Å². The Balaban J connectivity index is 1.85. The second-order valence-electron chi connectivity index (χ2n) is 8.02. The highest BCUT2D eigenvalue weighted by molar-refractivity contribution is 6.58. The van der Waals surface area contributed by atoms with Crippen LogP contribution in [0.4, 0.5) is 0 Å². The molecule has 2 N–H and O–H groups in total. The Labute approximate surface area is 192 Å². The zero-order chi connectivity index (χ0) is 22.8. The van der Waals surface area contributed by atoms with Crippen LogP contribution < -0.4 is 5.46 Å². The van der Waals surface area contributed by atoms with Crippen molar-refractivity contribution in [2.45, 2.75) is 26.2 Å². The molecule has 0 bridgehead atoms. The molecule has 0 spiro atoms. The van der Waals surface area contributed by atoms with E-state index in [4.69, 9.17) is 6.42 Å². The van der Waals surface area contributed by atoms with Gasteiger partial charge in [-0.1, -0.05) is 103 Å². The molecule has 0 saturated carbocycles. The van der Waals surface area contributed by atoms with Gasteiger partial charge in [0.2, 0.25) is 0 Å². The number of hydrogen-bond acceptors (Lipinski definition) is 2. The van der Waals surface area contributed by atoms with Crippen LogP contribution in [0.3, 0.4) is 0 Å². The summed E-state index contributed by atoms with van der Waals surface area (Å²) in [5.74, 6) is 3.12. The van der Waals surface area contributed by atoms with Crippen LogP contribution in [0.15, 0.2) is 114 Å². The molecule has 0 saturated heterocycles. The van der Waals surface area contributed by atoms with Crippen LogP contribution in [0.25, 0.3) is 0 Å². The first-order valence-corrected chi connectivity index (χ1v) is 10.9. The Morgan fingerprint density at radius 3 is 2.34 bits per heavy atom. The SMILES string of the molecule is C#C/C(=C\C=C(/C)[C@@H](Cc1ccccc1)Cc1ccc(B(O)O)cc1)C1=CCC=CC=C1. The lowest BCUT2D eigenvalue weighted by molar-refractivity contribution is 0.426. The van der Waals surface area contributed by atoms with E-state index >= 15 is 0 Å². The maximum atomic E-state index is 9.36. The molecule has 1 aliphatic carbocycles. The molecule has 160 valence electrons. The third-order valence-electron chi connectivity index (χ3n) is 5.71. The first-order valence-electron chi connectivity index (χ1n) is 10.9. The molecule has 0 fully saturated rings. The Morgan fingerprint density at radius 2 is 1.69 bits per heavy atom. The van der Waals surface area contributed by atoms with Gasteiger partial charge in [-0.15, -0.1) is 6.42 Å². The van der Waals surface area contributed by atoms with Crippen LogP contribution in [0, 0.1) is 18.3 Å². The molecule has 3 rings (SSSR count). The van der Waals surface area contributed by atoms with Gasteiger partial charge < -0.3 is 10.0 Å². The first kappa shape index (κ1) is 23.4. The number of hydrogen-bond donors (Lipinski definition) is 2. The lowest BCUT2D eigenvalue weighted by Gasteiger charge is -2.19. The minimum atomic E-state index is -1.44. The smallest absolute Gasteiger partial charge is 0.423 e. The Morgan fingerprint density at radius 1 is 1.00 bits per heavy atom. The molecule has 0 amide bonds. The molecule has 2 nitrogen and oxygen atoms in total. The van der Waals surface area contributed by atoms with Crippen LogP contribution in [0.1, 0.15) is 24.5 Å². The van der Waals surface area contributed by atoms with Gasteiger partial charge in [0.05, 0.1) is 0 Å². The molecule has 3 heteroatoms. The van der Waals surface area contributed by atoms with Crippen LogP contribution in [-0.4, -0.2) is 17.2 Å². The summed E-state index contributed by atoms with van der Waals surface area (Å²) in [6.45, 7) is 2.16. The van der Waals surface area contributed by atoms with E-state index in [-0.39, 0.29) is 5.92 Å². The fraction of sp³-hybridized carbons (Fsp3) is 0.172. The van der Waals surface area contributed by atoms with Gasteiger partial charge in [-0.3, -0.25) is 0 Å². The molecular weight excluding hydrogens is 391 g/mol. The predicted molar refractivity (Wildman–Crippen MR) is 135 cm³/mol. The molecule has 1 aliphatic rings. The maximum Gasteiger partial charge on any atom is 0.488 e. The first-order chi connectivity index (χ1) is 15.6. The monoisotopic (exact) mass is 420 g/mol. The van der Waals surface area contributed by atoms with E-state index in [0.29, 0.717) is 5.46 Å². The third kappa shape index (κ3) is 6.85. The normalized spacial score (nSPS) is 15.0. The predicted octanol–water partition coefficient (Wildman–Crippen LogP) is 4.72. The summed E-state index contributed by atoms with van der Waals surface area (Å²) in [4.78, 5) is 0. The van der Waals surface area contributed by atoms with E-state index in [1.807, 2.05) is 36.4 Å². The highest BCUT2D eigenvalue weighted by Crippen LogP contribution is 2.23. The second kappa shape index (κ2) is 11.9. The largest absolute Gasteiger partial charge is 0.488 e. The molecule has 0 unspecified atom stereocenters. The summed E-state index contributed by atoms with van der Waals surface area (Å²) in [6, 6.07) is 18.0. The number of rotatable bonds is 8. The molecule has 0 radical (unpaired) electrons. The van der Waals surface area contributed by atoms with Gasteiger partial charge in [0.25, 0.3) is 0 Å². The topological polar surface area (TPSA) is 40.5 Å². The number of benzene rings is 2. The van der Waals surface area contributed by atoms with Gasteiger partial charge in [-0.25, -0.2) is 0 Å². The fourth-order valence-electron chi connectivity index (χ4n) is 3.76. The Bertz CT molecular complexity index is 1080. The summed E-state index contributed by atoms with van der Waals surface area (Å²) in [5, 5.41) is 18.7. The highest BCUT2D eigenvalue weighted by atomic mass is 16.4. The third-order valence-corrected chi connectivity index (χ3v) is 5.71. The zero-order valence-corrected chi connectivity index (χ0v) is 18.5. The fourth-order valence-corrected chi connectivity index (χ4v) is 3.76. The molecule has 0 aliphatic heterocycles. The summed E-state index contributed by atoms with van der Waals surface area (Å²) >= 11 is 0. The van der Waals surface area contributed by atoms with Crippen LogP contribution in [-0.2, 0) is 12.8 Å². The van der Waals surface area contributed by atoms with Crippen molar-refractivity contribution in [1.82, 2.24) is 0 Å². The van der Waals surface area contributed by atoms with Crippen molar-refractivity contribution < 1.29 is 10.0 Å². The summed E-state index contributed by atoms with van der Waals surface area (Å²) in [6.07, 6.45) is 23.0. The van der Waals surface area contributed by atoms with Crippen LogP contribution >= 0.6 is 0 Å². The summed E-state index contributed by atoms with van der Waals surface area (Å²) < 4.78 is 0. The van der Waals surface area contributed by atoms with E-state index < -0.39 is 7.12 Å². The minimum absolute atomic E-state index is 0.290. The van der Waals surface area contributed by atoms with Gasteiger partial charge >= 0.3 is 7.12 Å². The van der Waals surface area contributed by atoms with Crippen molar-refractivity contribution in [2.75, 3.05) is 0 Å². The molecule has 32 heavy (non-hydrogen) atoms. The summed E-state index contributed by atoms with van der Waals surface area (Å²) in [5.41, 5.74) is 6.15. The molecular formula is C29H29BO2. The lowest BCUT2D eigenvalue weighted by atomic mass is 9.79. The Hall–Kier alpha value is -3.32. The van der Waals surface area contributed by atoms with Crippen molar-refractivity contribution in [3.63, 3.8) is 0 Å². The van der Waals surface area contributed by atoms with Gasteiger partial charge in [0.1, 0.15) is 0 Å². The average Bonchev–Trinajstić information content (AvgIpc) is 3.09. The molecule has 2 aromatic rings. The quantitative estimate of drug-likeness (QED) is 0.369. The molecule has 0 heterocycles. The van der Waals surface area contributed by atoms with Crippen molar-refractivity contribution in [3.05, 3.63) is 125 Å². The van der Waals surface area contributed by atoms with Gasteiger partial charge in [0.15, 0.2) is 0 Å². The van der Waals surface area contributed by atoms with E-state index in [0.717, 1.165) is 36.0 Å². The maximum absolute atomic E-state index is 9.36. The van der Waals surface area contributed by atoms with Gasteiger partial charge in [-0.2, -0.15) is 0 Å². The lowest BCUT2D eigenvalue weighted by Crippen LogP contribution is -2.29. The average molecular weight is 420 g/mol. The second-order valence-corrected chi connectivity index (χ2v) is 8.02. The minimum Gasteiger partial charge on any atom is -0.423 e. The standard InChI is InChI=1S/C29H29BO2/c1-3-26(27-13-9-4-5-10-14-27)18-15-23(2)28(21-24-11-7-6-8-12-24)22-25-16-19-29(20-17-25)30(31)32/h1,4-9,11-20,28,31-32H,10,21-22H2,2H3/b23-15+,26-18+/t28-/m0/s1. The number of allylic oxidation sites excluding steroid dienone is 10. The molecule has 2 aromatic carbocycles. The molecule has 1 atom stereocenters. The van der Waals surface area contributed by atoms with Crippen molar-refractivity contribution in [2.24, 2.45) is 5.92 Å². The highest BCUT2D eigenvalue weighted by Gasteiger charge is 2.15. The van der Waals surface area contributed by atoms with E-state index in [1.54, 1.807) is 12.1 Å².